The van der Waals surface area contributed by atoms with Crippen LogP contribution >= 0.6 is 39.3 Å². The van der Waals surface area contributed by atoms with Crippen LogP contribution in [-0.2, 0) is 4.79 Å². The minimum atomic E-state index is -0.188. The van der Waals surface area contributed by atoms with Crippen molar-refractivity contribution >= 4 is 51.4 Å². The minimum Gasteiger partial charge on any atom is -0.448 e. The van der Waals surface area contributed by atoms with Crippen LogP contribution in [0.1, 0.15) is 5.76 Å². The fourth-order valence-electron chi connectivity index (χ4n) is 1.28. The molecule has 0 bridgehead atoms. The number of thioether (sulfide) groups is 1. The second-order valence-electron chi connectivity index (χ2n) is 3.68. The van der Waals surface area contributed by atoms with E-state index in [0.29, 0.717) is 15.5 Å². The maximum Gasteiger partial charge on any atom is 0.250 e. The highest BCUT2D eigenvalue weighted by molar-refractivity contribution is 9.10. The van der Waals surface area contributed by atoms with E-state index in [1.807, 2.05) is 12.1 Å². The van der Waals surface area contributed by atoms with Gasteiger partial charge >= 0.3 is 0 Å². The predicted octanol–water partition coefficient (Wildman–Crippen LogP) is 3.94. The third-order valence-corrected chi connectivity index (χ3v) is 3.85. The number of rotatable bonds is 5. The maximum atomic E-state index is 11.6. The average Bonchev–Trinajstić information content (AvgIpc) is 2.84. The lowest BCUT2D eigenvalue weighted by Crippen LogP contribution is -2.19. The van der Waals surface area contributed by atoms with Gasteiger partial charge in [-0.1, -0.05) is 11.6 Å². The van der Waals surface area contributed by atoms with E-state index in [2.05, 4.69) is 26.5 Å². The molecule has 2 rings (SSSR count). The molecular weight excluding hydrogens is 364 g/mol. The molecule has 4 nitrogen and oxygen atoms in total. The monoisotopic (exact) mass is 372 g/mol. The van der Waals surface area contributed by atoms with E-state index < -0.39 is 0 Å². The summed E-state index contributed by atoms with van der Waals surface area (Å²) in [6.07, 6.45) is 1.44. The predicted molar refractivity (Wildman–Crippen MR) is 84.3 cm³/mol. The van der Waals surface area contributed by atoms with Crippen molar-refractivity contribution in [3.05, 3.63) is 51.9 Å². The van der Waals surface area contributed by atoms with E-state index in [1.165, 1.54) is 18.0 Å². The summed E-state index contributed by atoms with van der Waals surface area (Å²) in [5.41, 5.74) is 2.43. The van der Waals surface area contributed by atoms with Crippen LogP contribution in [0.5, 0.6) is 0 Å². The van der Waals surface area contributed by atoms with Gasteiger partial charge in [-0.15, -0.1) is 11.8 Å². The largest absolute Gasteiger partial charge is 0.448 e. The van der Waals surface area contributed by atoms with Crippen LogP contribution in [0.15, 0.2) is 55.5 Å². The zero-order valence-electron chi connectivity index (χ0n) is 10.2. The summed E-state index contributed by atoms with van der Waals surface area (Å²) >= 11 is 10.4. The zero-order valence-corrected chi connectivity index (χ0v) is 13.3. The van der Waals surface area contributed by atoms with Crippen molar-refractivity contribution in [2.45, 2.75) is 4.90 Å². The molecule has 0 spiro atoms. The second kappa shape index (κ2) is 7.52. The fraction of sp³-hybridized carbons (Fsp3) is 0.0769. The number of hydrogen-bond donors (Lipinski definition) is 1. The summed E-state index contributed by atoms with van der Waals surface area (Å²) < 4.78 is 5.82. The Labute approximate surface area is 133 Å². The molecule has 0 saturated carbocycles. The second-order valence-corrected chi connectivity index (χ2v) is 5.94. The SMILES string of the molecule is O=C(CSc1ccc(Cl)cc1)N/N=C/c1ccc(Br)o1. The van der Waals surface area contributed by atoms with Crippen LogP contribution in [0.25, 0.3) is 0 Å². The maximum absolute atomic E-state index is 11.6. The third kappa shape index (κ3) is 5.03. The van der Waals surface area contributed by atoms with E-state index in [-0.39, 0.29) is 11.7 Å². The highest BCUT2D eigenvalue weighted by Crippen LogP contribution is 2.19. The van der Waals surface area contributed by atoms with Gasteiger partial charge in [0.1, 0.15) is 5.76 Å². The number of carbonyl (C=O) groups is 1. The lowest BCUT2D eigenvalue weighted by molar-refractivity contribution is -0.118. The van der Waals surface area contributed by atoms with E-state index in [0.717, 1.165) is 4.90 Å². The van der Waals surface area contributed by atoms with Gasteiger partial charge in [-0.2, -0.15) is 5.10 Å². The molecule has 0 radical (unpaired) electrons. The Bertz CT molecular complexity index is 613. The molecule has 0 aliphatic rings. The molecule has 7 heteroatoms. The normalized spacial score (nSPS) is 10.9. The summed E-state index contributed by atoms with van der Waals surface area (Å²) in [5.74, 6) is 0.648. The molecule has 0 atom stereocenters. The minimum absolute atomic E-state index is 0.188. The van der Waals surface area contributed by atoms with Crippen LogP contribution in [0.2, 0.25) is 5.02 Å². The summed E-state index contributed by atoms with van der Waals surface area (Å²) in [4.78, 5) is 12.5. The summed E-state index contributed by atoms with van der Waals surface area (Å²) in [5, 5.41) is 4.48. The van der Waals surface area contributed by atoms with E-state index in [1.54, 1.807) is 24.3 Å². The van der Waals surface area contributed by atoms with Gasteiger partial charge < -0.3 is 4.42 Å². The number of nitrogens with one attached hydrogen (secondary N) is 1. The van der Waals surface area contributed by atoms with Crippen LogP contribution in [0.4, 0.5) is 0 Å². The molecule has 20 heavy (non-hydrogen) atoms. The third-order valence-electron chi connectivity index (χ3n) is 2.16. The van der Waals surface area contributed by atoms with Gasteiger partial charge in [0.25, 0.3) is 0 Å². The van der Waals surface area contributed by atoms with Crippen molar-refractivity contribution in [1.82, 2.24) is 5.43 Å². The van der Waals surface area contributed by atoms with Crippen LogP contribution in [-0.4, -0.2) is 17.9 Å². The molecule has 104 valence electrons. The van der Waals surface area contributed by atoms with Crippen LogP contribution in [0.3, 0.4) is 0 Å². The lowest BCUT2D eigenvalue weighted by Gasteiger charge is -2.00. The molecule has 0 saturated heterocycles. The molecule has 0 unspecified atom stereocenters. The zero-order chi connectivity index (χ0) is 14.4. The van der Waals surface area contributed by atoms with Gasteiger partial charge in [0, 0.05) is 9.92 Å². The van der Waals surface area contributed by atoms with Gasteiger partial charge in [-0.25, -0.2) is 5.43 Å². The molecule has 0 fully saturated rings. The van der Waals surface area contributed by atoms with E-state index in [9.17, 15) is 4.79 Å². The summed E-state index contributed by atoms with van der Waals surface area (Å²) in [7, 11) is 0. The van der Waals surface area contributed by atoms with Gasteiger partial charge in [-0.05, 0) is 52.3 Å². The summed E-state index contributed by atoms with van der Waals surface area (Å²) in [6.45, 7) is 0. The van der Waals surface area contributed by atoms with Gasteiger partial charge in [0.2, 0.25) is 5.91 Å². The number of amides is 1. The number of hydrogen-bond acceptors (Lipinski definition) is 4. The molecule has 1 amide bonds. The van der Waals surface area contributed by atoms with Crippen molar-refractivity contribution in [3.63, 3.8) is 0 Å². The first-order chi connectivity index (χ1) is 9.63. The first-order valence-electron chi connectivity index (χ1n) is 5.59. The van der Waals surface area contributed by atoms with Crippen molar-refractivity contribution in [1.29, 1.82) is 0 Å². The van der Waals surface area contributed by atoms with Crippen molar-refractivity contribution < 1.29 is 9.21 Å². The van der Waals surface area contributed by atoms with Crippen molar-refractivity contribution in [2.24, 2.45) is 5.10 Å². The Morgan fingerprint density at radius 2 is 2.10 bits per heavy atom. The van der Waals surface area contributed by atoms with E-state index in [4.69, 9.17) is 16.0 Å². The first kappa shape index (κ1) is 15.2. The number of hydrazone groups is 1. The number of carbonyl (C=O) groups excluding carboxylic acids is 1. The van der Waals surface area contributed by atoms with Crippen molar-refractivity contribution in [3.8, 4) is 0 Å². The first-order valence-corrected chi connectivity index (χ1v) is 7.75. The van der Waals surface area contributed by atoms with Gasteiger partial charge in [0.15, 0.2) is 4.67 Å². The van der Waals surface area contributed by atoms with E-state index >= 15 is 0 Å². The number of benzene rings is 1. The molecule has 0 aliphatic carbocycles. The van der Waals surface area contributed by atoms with Crippen LogP contribution in [0, 0.1) is 0 Å². The molecular formula is C13H10BrClN2O2S. The molecule has 1 heterocycles. The van der Waals surface area contributed by atoms with Gasteiger partial charge in [0.05, 0.1) is 12.0 Å². The smallest absolute Gasteiger partial charge is 0.250 e. The number of nitrogens with zero attached hydrogens (tertiary/aromatic N) is 1. The van der Waals surface area contributed by atoms with Gasteiger partial charge in [-0.3, -0.25) is 4.79 Å². The number of halogens is 2. The summed E-state index contributed by atoms with van der Waals surface area (Å²) in [6, 6.07) is 10.8. The van der Waals surface area contributed by atoms with Crippen LogP contribution < -0.4 is 5.43 Å². The molecule has 1 aromatic carbocycles. The standard InChI is InChI=1S/C13H10BrClN2O2S/c14-12-6-3-10(19-12)7-16-17-13(18)8-20-11-4-1-9(15)2-5-11/h1-7H,8H2,(H,17,18)/b16-7+. The molecule has 0 aliphatic heterocycles. The lowest BCUT2D eigenvalue weighted by atomic mass is 10.4. The average molecular weight is 374 g/mol. The number of furan rings is 1. The fourth-order valence-corrected chi connectivity index (χ4v) is 2.41. The molecule has 2 aromatic rings. The Morgan fingerprint density at radius 1 is 1.35 bits per heavy atom. The highest BCUT2D eigenvalue weighted by atomic mass is 79.9. The molecule has 1 N–H and O–H groups in total. The Kier molecular flexibility index (Phi) is 5.70. The topological polar surface area (TPSA) is 54.6 Å². The Balaban J connectivity index is 1.75. The molecule has 1 aromatic heterocycles. The quantitative estimate of drug-likeness (QED) is 0.491. The Hall–Kier alpha value is -1.24. The Morgan fingerprint density at radius 3 is 2.75 bits per heavy atom. The van der Waals surface area contributed by atoms with Crippen molar-refractivity contribution in [2.75, 3.05) is 5.75 Å². The highest BCUT2D eigenvalue weighted by Gasteiger charge is 2.02.